The number of aliphatic hydroxyl groups is 1. The first kappa shape index (κ1) is 24.9. The van der Waals surface area contributed by atoms with Crippen LogP contribution in [-0.4, -0.2) is 38.0 Å². The molecule has 0 fully saturated rings. The van der Waals surface area contributed by atoms with Crippen molar-refractivity contribution in [3.8, 4) is 0 Å². The van der Waals surface area contributed by atoms with Crippen molar-refractivity contribution >= 4 is 0 Å². The van der Waals surface area contributed by atoms with Crippen molar-refractivity contribution in [1.29, 1.82) is 0 Å². The van der Waals surface area contributed by atoms with Gasteiger partial charge in [-0.25, -0.2) is 0 Å². The summed E-state index contributed by atoms with van der Waals surface area (Å²) in [7, 11) is 0. The van der Waals surface area contributed by atoms with E-state index in [1.54, 1.807) is 0 Å². The monoisotopic (exact) mass is 357 g/mol. The fourth-order valence-corrected chi connectivity index (χ4v) is 3.20. The summed E-state index contributed by atoms with van der Waals surface area (Å²) in [6.45, 7) is 5.66. The van der Waals surface area contributed by atoms with Crippen LogP contribution in [0.15, 0.2) is 0 Å². The fraction of sp³-hybridized carbons (Fsp3) is 1.00. The molecule has 0 aliphatic carbocycles. The van der Waals surface area contributed by atoms with Crippen molar-refractivity contribution in [1.82, 2.24) is 5.32 Å². The Kier molecular flexibility index (Phi) is 23.8. The highest BCUT2D eigenvalue weighted by Gasteiger charge is 1.95. The predicted octanol–water partition coefficient (Wildman–Crippen LogP) is 5.85. The van der Waals surface area contributed by atoms with Crippen LogP contribution in [0.25, 0.3) is 0 Å². The van der Waals surface area contributed by atoms with Gasteiger partial charge in [0.2, 0.25) is 0 Å². The van der Waals surface area contributed by atoms with Gasteiger partial charge in [0.15, 0.2) is 0 Å². The smallest absolute Gasteiger partial charge is 0.0590 e. The summed E-state index contributed by atoms with van der Waals surface area (Å²) in [4.78, 5) is 0. The molecule has 0 rings (SSSR count). The number of hydrogen-bond acceptors (Lipinski definition) is 3. The Labute approximate surface area is 158 Å². The third-order valence-corrected chi connectivity index (χ3v) is 4.85. The average molecular weight is 358 g/mol. The number of rotatable bonds is 22. The van der Waals surface area contributed by atoms with E-state index in [1.807, 2.05) is 0 Å². The Hall–Kier alpha value is -0.120. The molecule has 0 aliphatic heterocycles. The fourth-order valence-electron chi connectivity index (χ4n) is 3.20. The lowest BCUT2D eigenvalue weighted by molar-refractivity contribution is 0.130. The molecule has 0 unspecified atom stereocenters. The molecule has 25 heavy (non-hydrogen) atoms. The number of nitrogens with one attached hydrogen (secondary N) is 1. The van der Waals surface area contributed by atoms with Crippen molar-refractivity contribution in [2.24, 2.45) is 0 Å². The van der Waals surface area contributed by atoms with Gasteiger partial charge in [0.1, 0.15) is 0 Å². The van der Waals surface area contributed by atoms with Gasteiger partial charge < -0.3 is 15.2 Å². The molecule has 0 bridgehead atoms. The van der Waals surface area contributed by atoms with Crippen molar-refractivity contribution in [3.05, 3.63) is 0 Å². The molecular weight excluding hydrogens is 310 g/mol. The Bertz CT molecular complexity index is 202. The molecule has 2 N–H and O–H groups in total. The summed E-state index contributed by atoms with van der Waals surface area (Å²) in [6, 6.07) is 0. The molecule has 0 heterocycles. The van der Waals surface area contributed by atoms with Gasteiger partial charge in [-0.3, -0.25) is 0 Å². The SMILES string of the molecule is CCCCCCCCCCCCCCCCCCOCCNCCO. The van der Waals surface area contributed by atoms with E-state index in [9.17, 15) is 0 Å². The first-order valence-corrected chi connectivity index (χ1v) is 11.3. The molecule has 0 aliphatic rings. The summed E-state index contributed by atoms with van der Waals surface area (Å²) >= 11 is 0. The van der Waals surface area contributed by atoms with E-state index < -0.39 is 0 Å². The Balaban J connectivity index is 2.94. The summed E-state index contributed by atoms with van der Waals surface area (Å²) in [5, 5.41) is 11.7. The lowest BCUT2D eigenvalue weighted by atomic mass is 10.0. The molecule has 3 nitrogen and oxygen atoms in total. The van der Waals surface area contributed by atoms with E-state index in [1.165, 1.54) is 103 Å². The van der Waals surface area contributed by atoms with Crippen LogP contribution in [0.5, 0.6) is 0 Å². The molecule has 152 valence electrons. The van der Waals surface area contributed by atoms with Gasteiger partial charge >= 0.3 is 0 Å². The van der Waals surface area contributed by atoms with Gasteiger partial charge in [-0.05, 0) is 6.42 Å². The van der Waals surface area contributed by atoms with Crippen LogP contribution in [0.3, 0.4) is 0 Å². The number of unbranched alkanes of at least 4 members (excludes halogenated alkanes) is 15. The van der Waals surface area contributed by atoms with Crippen molar-refractivity contribution < 1.29 is 9.84 Å². The van der Waals surface area contributed by atoms with E-state index >= 15 is 0 Å². The van der Waals surface area contributed by atoms with Crippen molar-refractivity contribution in [2.45, 2.75) is 110 Å². The molecule has 0 saturated heterocycles. The van der Waals surface area contributed by atoms with Gasteiger partial charge in [-0.1, -0.05) is 103 Å². The van der Waals surface area contributed by atoms with Crippen LogP contribution < -0.4 is 5.32 Å². The Morgan fingerprint density at radius 1 is 0.560 bits per heavy atom. The lowest BCUT2D eigenvalue weighted by Gasteiger charge is -2.05. The number of hydrogen-bond donors (Lipinski definition) is 2. The first-order chi connectivity index (χ1) is 12.4. The third-order valence-electron chi connectivity index (χ3n) is 4.85. The van der Waals surface area contributed by atoms with Crippen LogP contribution in [-0.2, 0) is 4.74 Å². The molecule has 3 heteroatoms. The summed E-state index contributed by atoms with van der Waals surface area (Å²) in [5.41, 5.74) is 0. The molecule has 0 atom stereocenters. The van der Waals surface area contributed by atoms with Crippen LogP contribution in [0.1, 0.15) is 110 Å². The molecule has 0 aromatic carbocycles. The lowest BCUT2D eigenvalue weighted by Crippen LogP contribution is -2.23. The van der Waals surface area contributed by atoms with E-state index in [0.29, 0.717) is 6.54 Å². The zero-order chi connectivity index (χ0) is 18.3. The van der Waals surface area contributed by atoms with Crippen LogP contribution >= 0.6 is 0 Å². The minimum Gasteiger partial charge on any atom is -0.395 e. The van der Waals surface area contributed by atoms with Gasteiger partial charge in [0, 0.05) is 19.7 Å². The zero-order valence-electron chi connectivity index (χ0n) is 17.2. The van der Waals surface area contributed by atoms with Crippen molar-refractivity contribution in [2.75, 3.05) is 32.9 Å². The molecule has 0 aromatic rings. The maximum atomic E-state index is 8.62. The van der Waals surface area contributed by atoms with E-state index in [0.717, 1.165) is 19.8 Å². The zero-order valence-corrected chi connectivity index (χ0v) is 17.2. The predicted molar refractivity (Wildman–Crippen MR) is 110 cm³/mol. The van der Waals surface area contributed by atoms with Crippen LogP contribution in [0.2, 0.25) is 0 Å². The van der Waals surface area contributed by atoms with Gasteiger partial charge in [0.25, 0.3) is 0 Å². The third kappa shape index (κ3) is 23.9. The standard InChI is InChI=1S/C22H47NO2/c1-2-3-4-5-6-7-8-9-10-11-12-13-14-15-16-17-21-25-22-19-23-18-20-24/h23-24H,2-22H2,1H3. The quantitative estimate of drug-likeness (QED) is 0.239. The highest BCUT2D eigenvalue weighted by molar-refractivity contribution is 4.50. The molecule has 0 amide bonds. The van der Waals surface area contributed by atoms with E-state index in [-0.39, 0.29) is 6.61 Å². The number of aliphatic hydroxyl groups excluding tert-OH is 1. The summed E-state index contributed by atoms with van der Waals surface area (Å²) < 4.78 is 5.56. The number of ether oxygens (including phenoxy) is 1. The largest absolute Gasteiger partial charge is 0.395 e. The second-order valence-electron chi connectivity index (χ2n) is 7.39. The normalized spacial score (nSPS) is 11.3. The molecule has 0 spiro atoms. The topological polar surface area (TPSA) is 41.5 Å². The molecule has 0 radical (unpaired) electrons. The second-order valence-corrected chi connectivity index (χ2v) is 7.39. The van der Waals surface area contributed by atoms with E-state index in [4.69, 9.17) is 9.84 Å². The maximum Gasteiger partial charge on any atom is 0.0590 e. The van der Waals surface area contributed by atoms with E-state index in [2.05, 4.69) is 12.2 Å². The Morgan fingerprint density at radius 3 is 1.44 bits per heavy atom. The summed E-state index contributed by atoms with van der Waals surface area (Å²) in [6.07, 6.45) is 22.5. The maximum absolute atomic E-state index is 8.62. The van der Waals surface area contributed by atoms with Gasteiger partial charge in [-0.2, -0.15) is 0 Å². The highest BCUT2D eigenvalue weighted by Crippen LogP contribution is 2.13. The van der Waals surface area contributed by atoms with Crippen LogP contribution in [0, 0.1) is 0 Å². The van der Waals surface area contributed by atoms with Crippen LogP contribution in [0.4, 0.5) is 0 Å². The molecular formula is C22H47NO2. The second kappa shape index (κ2) is 23.9. The molecule has 0 saturated carbocycles. The van der Waals surface area contributed by atoms with Gasteiger partial charge in [0.05, 0.1) is 13.2 Å². The van der Waals surface area contributed by atoms with Gasteiger partial charge in [-0.15, -0.1) is 0 Å². The molecule has 0 aromatic heterocycles. The first-order valence-electron chi connectivity index (χ1n) is 11.3. The minimum atomic E-state index is 0.207. The highest BCUT2D eigenvalue weighted by atomic mass is 16.5. The average Bonchev–Trinajstić information content (AvgIpc) is 2.63. The summed E-state index contributed by atoms with van der Waals surface area (Å²) in [5.74, 6) is 0. The van der Waals surface area contributed by atoms with Crippen molar-refractivity contribution in [3.63, 3.8) is 0 Å². The Morgan fingerprint density at radius 2 is 1.00 bits per heavy atom. The minimum absolute atomic E-state index is 0.207.